The summed E-state index contributed by atoms with van der Waals surface area (Å²) in [4.78, 5) is 7.66. The first kappa shape index (κ1) is 9.68. The van der Waals surface area contributed by atoms with Crippen LogP contribution in [0.4, 0.5) is 5.82 Å². The van der Waals surface area contributed by atoms with Crippen LogP contribution in [0, 0.1) is 11.3 Å². The van der Waals surface area contributed by atoms with E-state index in [0.29, 0.717) is 12.4 Å². The molecule has 0 atom stereocenters. The van der Waals surface area contributed by atoms with Gasteiger partial charge in [-0.15, -0.1) is 0 Å². The lowest BCUT2D eigenvalue weighted by molar-refractivity contribution is 1.10. The Bertz CT molecular complexity index is 355. The summed E-state index contributed by atoms with van der Waals surface area (Å²) in [7, 11) is 0. The maximum absolute atomic E-state index is 8.51. The first-order valence-corrected chi connectivity index (χ1v) is 4.32. The number of aromatic nitrogens is 2. The van der Waals surface area contributed by atoms with E-state index in [2.05, 4.69) is 37.8 Å². The van der Waals surface area contributed by atoms with Crippen LogP contribution in [0.1, 0.15) is 5.82 Å². The van der Waals surface area contributed by atoms with E-state index in [1.807, 2.05) is 6.07 Å². The Morgan fingerprint density at radius 3 is 3.15 bits per heavy atom. The molecule has 1 rings (SSSR count). The molecule has 0 unspecified atom stereocenters. The van der Waals surface area contributed by atoms with Gasteiger partial charge in [-0.25, -0.2) is 9.97 Å². The van der Waals surface area contributed by atoms with Crippen molar-refractivity contribution in [2.75, 3.05) is 11.9 Å². The lowest BCUT2D eigenvalue weighted by atomic mass is 10.5. The second-order valence-corrected chi connectivity index (χ2v) is 3.37. The molecule has 13 heavy (non-hydrogen) atoms. The van der Waals surface area contributed by atoms with Crippen molar-refractivity contribution in [1.29, 1.82) is 5.26 Å². The molecule has 0 bridgehead atoms. The molecule has 0 spiro atoms. The minimum Gasteiger partial charge on any atom is -0.365 e. The lowest BCUT2D eigenvalue weighted by Gasteiger charge is -2.02. The van der Waals surface area contributed by atoms with E-state index in [1.165, 1.54) is 6.20 Å². The molecule has 66 valence electrons. The summed E-state index contributed by atoms with van der Waals surface area (Å²) >= 11 is 3.20. The van der Waals surface area contributed by atoms with Gasteiger partial charge >= 0.3 is 0 Å². The summed E-state index contributed by atoms with van der Waals surface area (Å²) in [5.41, 5.74) is 0. The predicted molar refractivity (Wildman–Crippen MR) is 53.3 cm³/mol. The minimum absolute atomic E-state index is 0.158. The topological polar surface area (TPSA) is 61.6 Å². The number of hydrogen-bond acceptors (Lipinski definition) is 4. The van der Waals surface area contributed by atoms with Gasteiger partial charge in [0.2, 0.25) is 5.82 Å². The van der Waals surface area contributed by atoms with E-state index >= 15 is 0 Å². The monoisotopic (exact) mass is 238 g/mol. The van der Waals surface area contributed by atoms with Crippen molar-refractivity contribution in [1.82, 2.24) is 9.97 Å². The molecule has 0 saturated heterocycles. The summed E-state index contributed by atoms with van der Waals surface area (Å²) < 4.78 is 0.824. The molecule has 0 aliphatic heterocycles. The Labute approximate surface area is 84.5 Å². The van der Waals surface area contributed by atoms with Crippen LogP contribution < -0.4 is 5.32 Å². The van der Waals surface area contributed by atoms with Crippen LogP contribution in [0.2, 0.25) is 0 Å². The molecule has 0 aliphatic carbocycles. The van der Waals surface area contributed by atoms with Crippen LogP contribution in [0.15, 0.2) is 23.3 Å². The molecule has 4 nitrogen and oxygen atoms in total. The van der Waals surface area contributed by atoms with Crippen molar-refractivity contribution in [3.8, 4) is 6.07 Å². The largest absolute Gasteiger partial charge is 0.365 e. The van der Waals surface area contributed by atoms with E-state index in [9.17, 15) is 0 Å². The van der Waals surface area contributed by atoms with Crippen molar-refractivity contribution in [2.24, 2.45) is 0 Å². The van der Waals surface area contributed by atoms with Gasteiger partial charge in [0, 0.05) is 17.2 Å². The van der Waals surface area contributed by atoms with Crippen molar-refractivity contribution in [2.45, 2.75) is 0 Å². The number of anilines is 1. The highest BCUT2D eigenvalue weighted by atomic mass is 79.9. The number of nitrogens with zero attached hydrogens (tertiary/aromatic N) is 3. The molecule has 0 amide bonds. The molecule has 1 heterocycles. The van der Waals surface area contributed by atoms with Gasteiger partial charge in [0.25, 0.3) is 0 Å². The number of halogens is 1. The van der Waals surface area contributed by atoms with Gasteiger partial charge in [-0.3, -0.25) is 0 Å². The van der Waals surface area contributed by atoms with Crippen molar-refractivity contribution >= 4 is 21.7 Å². The highest BCUT2D eigenvalue weighted by molar-refractivity contribution is 9.11. The standard InChI is InChI=1S/C8H7BrN4/c1-6(9)5-12-7-2-3-11-8(4-10)13-7/h2-3H,1,5H2,(H,11,12,13). The maximum atomic E-state index is 8.51. The fraction of sp³-hybridized carbons (Fsp3) is 0.125. The predicted octanol–water partition coefficient (Wildman–Crippen LogP) is 1.67. The number of nitriles is 1. The van der Waals surface area contributed by atoms with Gasteiger partial charge in [0.1, 0.15) is 11.9 Å². The Morgan fingerprint density at radius 1 is 1.77 bits per heavy atom. The van der Waals surface area contributed by atoms with Crippen molar-refractivity contribution < 1.29 is 0 Å². The van der Waals surface area contributed by atoms with E-state index in [0.717, 1.165) is 4.48 Å². The highest BCUT2D eigenvalue weighted by Crippen LogP contribution is 2.05. The molecule has 1 aromatic heterocycles. The summed E-state index contributed by atoms with van der Waals surface area (Å²) in [6, 6.07) is 3.55. The molecule has 5 heteroatoms. The molecular formula is C8H7BrN4. The molecule has 0 fully saturated rings. The summed E-state index contributed by atoms with van der Waals surface area (Å²) in [6.45, 7) is 4.23. The summed E-state index contributed by atoms with van der Waals surface area (Å²) in [6.07, 6.45) is 1.53. The molecule has 1 aromatic rings. The molecule has 0 aromatic carbocycles. The van der Waals surface area contributed by atoms with Crippen molar-refractivity contribution in [3.05, 3.63) is 29.1 Å². The zero-order valence-electron chi connectivity index (χ0n) is 6.79. The Balaban J connectivity index is 2.68. The van der Waals surface area contributed by atoms with Crippen LogP contribution in [-0.2, 0) is 0 Å². The number of nitrogens with one attached hydrogen (secondary N) is 1. The smallest absolute Gasteiger partial charge is 0.234 e. The van der Waals surface area contributed by atoms with Gasteiger partial charge in [-0.05, 0) is 6.07 Å². The fourth-order valence-electron chi connectivity index (χ4n) is 0.697. The fourth-order valence-corrected chi connectivity index (χ4v) is 0.838. The van der Waals surface area contributed by atoms with Gasteiger partial charge in [-0.2, -0.15) is 5.26 Å². The summed E-state index contributed by atoms with van der Waals surface area (Å²) in [5.74, 6) is 0.775. The quantitative estimate of drug-likeness (QED) is 0.871. The van der Waals surface area contributed by atoms with Crippen molar-refractivity contribution in [3.63, 3.8) is 0 Å². The lowest BCUT2D eigenvalue weighted by Crippen LogP contribution is -2.03. The normalized spacial score (nSPS) is 8.92. The van der Waals surface area contributed by atoms with Gasteiger partial charge in [-0.1, -0.05) is 22.5 Å². The SMILES string of the molecule is C=C(Br)CNc1ccnc(C#N)n1. The molecule has 0 aliphatic rings. The van der Waals surface area contributed by atoms with Crippen LogP contribution in [0.3, 0.4) is 0 Å². The van der Waals surface area contributed by atoms with Gasteiger partial charge < -0.3 is 5.32 Å². The average Bonchev–Trinajstić information content (AvgIpc) is 2.15. The maximum Gasteiger partial charge on any atom is 0.234 e. The van der Waals surface area contributed by atoms with E-state index < -0.39 is 0 Å². The third-order valence-corrected chi connectivity index (χ3v) is 1.50. The minimum atomic E-state index is 0.158. The van der Waals surface area contributed by atoms with Gasteiger partial charge in [0.05, 0.1) is 0 Å². The van der Waals surface area contributed by atoms with E-state index in [-0.39, 0.29) is 5.82 Å². The molecule has 0 saturated carbocycles. The first-order valence-electron chi connectivity index (χ1n) is 3.52. The Hall–Kier alpha value is -1.41. The second-order valence-electron chi connectivity index (χ2n) is 2.25. The van der Waals surface area contributed by atoms with Crippen LogP contribution in [0.5, 0.6) is 0 Å². The van der Waals surface area contributed by atoms with Crippen LogP contribution in [-0.4, -0.2) is 16.5 Å². The van der Waals surface area contributed by atoms with Crippen LogP contribution >= 0.6 is 15.9 Å². The third-order valence-electron chi connectivity index (χ3n) is 1.22. The first-order chi connectivity index (χ1) is 6.22. The Morgan fingerprint density at radius 2 is 2.54 bits per heavy atom. The molecular weight excluding hydrogens is 232 g/mol. The molecule has 1 N–H and O–H groups in total. The molecule has 0 radical (unpaired) electrons. The Kier molecular flexibility index (Phi) is 3.41. The third kappa shape index (κ3) is 3.22. The number of hydrogen-bond donors (Lipinski definition) is 1. The van der Waals surface area contributed by atoms with E-state index in [1.54, 1.807) is 6.07 Å². The zero-order valence-corrected chi connectivity index (χ0v) is 8.37. The van der Waals surface area contributed by atoms with E-state index in [4.69, 9.17) is 5.26 Å². The average molecular weight is 239 g/mol. The number of rotatable bonds is 3. The van der Waals surface area contributed by atoms with Gasteiger partial charge in [0.15, 0.2) is 0 Å². The zero-order chi connectivity index (χ0) is 9.68. The second kappa shape index (κ2) is 4.58. The summed E-state index contributed by atoms with van der Waals surface area (Å²) in [5, 5.41) is 11.5. The van der Waals surface area contributed by atoms with Crippen LogP contribution in [0.25, 0.3) is 0 Å². The highest BCUT2D eigenvalue weighted by Gasteiger charge is 1.96.